The Kier molecular flexibility index (Phi) is 4.64. The standard InChI is InChI=1S/C12H8Br2N2O4S/c13-8-1-4-10(5-2-8)21(19,20)15-9-3-6-12(16(17)18)11(14)7-9/h1-7,15H. The molecule has 0 spiro atoms. The number of sulfonamides is 1. The number of nitrogens with zero attached hydrogens (tertiary/aromatic N) is 1. The van der Waals surface area contributed by atoms with E-state index in [0.717, 1.165) is 4.47 Å². The molecule has 0 aromatic heterocycles. The van der Waals surface area contributed by atoms with Crippen LogP contribution in [0.4, 0.5) is 11.4 Å². The molecule has 0 amide bonds. The molecule has 110 valence electrons. The van der Waals surface area contributed by atoms with Gasteiger partial charge in [-0.05, 0) is 52.3 Å². The Morgan fingerprint density at radius 3 is 2.19 bits per heavy atom. The minimum atomic E-state index is -3.74. The molecule has 0 aliphatic heterocycles. The lowest BCUT2D eigenvalue weighted by Crippen LogP contribution is -2.12. The summed E-state index contributed by atoms with van der Waals surface area (Å²) in [4.78, 5) is 10.2. The van der Waals surface area contributed by atoms with Crippen LogP contribution in [0.15, 0.2) is 56.3 Å². The molecule has 21 heavy (non-hydrogen) atoms. The number of nitro groups is 1. The van der Waals surface area contributed by atoms with E-state index in [0.29, 0.717) is 0 Å². The van der Waals surface area contributed by atoms with E-state index in [4.69, 9.17) is 0 Å². The molecule has 0 saturated heterocycles. The van der Waals surface area contributed by atoms with Gasteiger partial charge in [0.2, 0.25) is 0 Å². The molecule has 9 heteroatoms. The minimum absolute atomic E-state index is 0.0974. The van der Waals surface area contributed by atoms with Crippen LogP contribution in [-0.2, 0) is 10.0 Å². The fourth-order valence-corrected chi connectivity index (χ4v) is 3.38. The first-order valence-corrected chi connectivity index (χ1v) is 8.59. The smallest absolute Gasteiger partial charge is 0.280 e. The molecular weight excluding hydrogens is 428 g/mol. The number of nitrogens with one attached hydrogen (secondary N) is 1. The van der Waals surface area contributed by atoms with Crippen LogP contribution in [0.25, 0.3) is 0 Å². The fourth-order valence-electron chi connectivity index (χ4n) is 1.55. The first-order valence-electron chi connectivity index (χ1n) is 5.52. The van der Waals surface area contributed by atoms with E-state index in [2.05, 4.69) is 36.6 Å². The summed E-state index contributed by atoms with van der Waals surface area (Å²) in [5, 5.41) is 10.7. The SMILES string of the molecule is O=[N+]([O-])c1ccc(NS(=O)(=O)c2ccc(Br)cc2)cc1Br. The highest BCUT2D eigenvalue weighted by molar-refractivity contribution is 9.10. The van der Waals surface area contributed by atoms with Crippen molar-refractivity contribution in [2.24, 2.45) is 0 Å². The van der Waals surface area contributed by atoms with E-state index < -0.39 is 14.9 Å². The molecule has 6 nitrogen and oxygen atoms in total. The van der Waals surface area contributed by atoms with E-state index in [-0.39, 0.29) is 20.7 Å². The van der Waals surface area contributed by atoms with Crippen LogP contribution in [-0.4, -0.2) is 13.3 Å². The molecule has 0 heterocycles. The van der Waals surface area contributed by atoms with Crippen molar-refractivity contribution in [2.75, 3.05) is 4.72 Å². The summed E-state index contributed by atoms with van der Waals surface area (Å²) < 4.78 is 27.7. The lowest BCUT2D eigenvalue weighted by Gasteiger charge is -2.08. The van der Waals surface area contributed by atoms with Gasteiger partial charge in [0.1, 0.15) is 0 Å². The van der Waals surface area contributed by atoms with Crippen LogP contribution in [0.1, 0.15) is 0 Å². The Hall–Kier alpha value is -1.45. The Labute approximate surface area is 137 Å². The number of hydrogen-bond acceptors (Lipinski definition) is 4. The highest BCUT2D eigenvalue weighted by atomic mass is 79.9. The van der Waals surface area contributed by atoms with Crippen LogP contribution >= 0.6 is 31.9 Å². The fraction of sp³-hybridized carbons (Fsp3) is 0. The molecule has 0 atom stereocenters. The number of anilines is 1. The second-order valence-electron chi connectivity index (χ2n) is 3.98. The van der Waals surface area contributed by atoms with Gasteiger partial charge in [0.15, 0.2) is 0 Å². The third kappa shape index (κ3) is 3.80. The monoisotopic (exact) mass is 434 g/mol. The molecule has 2 rings (SSSR count). The zero-order valence-corrected chi connectivity index (χ0v) is 14.3. The van der Waals surface area contributed by atoms with Gasteiger partial charge in [0.05, 0.1) is 20.0 Å². The zero-order valence-electron chi connectivity index (χ0n) is 10.3. The summed E-state index contributed by atoms with van der Waals surface area (Å²) in [7, 11) is -3.74. The molecule has 0 aliphatic carbocycles. The average Bonchev–Trinajstić information content (AvgIpc) is 2.38. The van der Waals surface area contributed by atoms with Crippen molar-refractivity contribution in [1.29, 1.82) is 0 Å². The normalized spacial score (nSPS) is 11.1. The molecule has 0 unspecified atom stereocenters. The Bertz CT molecular complexity index is 791. The molecule has 2 aromatic carbocycles. The molecule has 0 bridgehead atoms. The third-order valence-corrected chi connectivity index (χ3v) is 5.08. The highest BCUT2D eigenvalue weighted by Crippen LogP contribution is 2.28. The van der Waals surface area contributed by atoms with Crippen molar-refractivity contribution in [3.63, 3.8) is 0 Å². The molecule has 0 radical (unpaired) electrons. The van der Waals surface area contributed by atoms with Gasteiger partial charge in [0, 0.05) is 10.5 Å². The van der Waals surface area contributed by atoms with E-state index in [1.807, 2.05) is 0 Å². The summed E-state index contributed by atoms with van der Waals surface area (Å²) in [6.45, 7) is 0. The van der Waals surface area contributed by atoms with Gasteiger partial charge in [-0.25, -0.2) is 8.42 Å². The number of rotatable bonds is 4. The Morgan fingerprint density at radius 1 is 1.05 bits per heavy atom. The maximum Gasteiger partial charge on any atom is 0.283 e. The molecule has 0 aliphatic rings. The quantitative estimate of drug-likeness (QED) is 0.582. The predicted octanol–water partition coefficient (Wildman–Crippen LogP) is 3.92. The first-order chi connectivity index (χ1) is 9.79. The van der Waals surface area contributed by atoms with Crippen LogP contribution in [0.2, 0.25) is 0 Å². The minimum Gasteiger partial charge on any atom is -0.280 e. The van der Waals surface area contributed by atoms with Crippen molar-refractivity contribution >= 4 is 53.3 Å². The molecule has 1 N–H and O–H groups in total. The Balaban J connectivity index is 2.31. The van der Waals surface area contributed by atoms with Crippen LogP contribution < -0.4 is 4.72 Å². The van der Waals surface area contributed by atoms with Gasteiger partial charge in [-0.1, -0.05) is 15.9 Å². The van der Waals surface area contributed by atoms with Gasteiger partial charge in [0.25, 0.3) is 15.7 Å². The highest BCUT2D eigenvalue weighted by Gasteiger charge is 2.17. The van der Waals surface area contributed by atoms with Gasteiger partial charge < -0.3 is 0 Å². The summed E-state index contributed by atoms with van der Waals surface area (Å²) in [6, 6.07) is 10.0. The van der Waals surface area contributed by atoms with E-state index in [1.54, 1.807) is 12.1 Å². The van der Waals surface area contributed by atoms with E-state index in [1.165, 1.54) is 30.3 Å². The van der Waals surface area contributed by atoms with E-state index in [9.17, 15) is 18.5 Å². The molecular formula is C12H8Br2N2O4S. The van der Waals surface area contributed by atoms with Crippen molar-refractivity contribution in [3.05, 3.63) is 61.5 Å². The topological polar surface area (TPSA) is 89.3 Å². The maximum absolute atomic E-state index is 12.2. The van der Waals surface area contributed by atoms with Gasteiger partial charge in [-0.15, -0.1) is 0 Å². The third-order valence-electron chi connectivity index (χ3n) is 2.52. The molecule has 0 fully saturated rings. The first kappa shape index (κ1) is 15.9. The van der Waals surface area contributed by atoms with Crippen LogP contribution in [0.5, 0.6) is 0 Å². The molecule has 0 saturated carbocycles. The van der Waals surface area contributed by atoms with Gasteiger partial charge in [-0.2, -0.15) is 0 Å². The number of nitro benzene ring substituents is 1. The second kappa shape index (κ2) is 6.12. The largest absolute Gasteiger partial charge is 0.283 e. The summed E-state index contributed by atoms with van der Waals surface area (Å²) in [5.74, 6) is 0. The second-order valence-corrected chi connectivity index (χ2v) is 7.44. The van der Waals surface area contributed by atoms with Crippen LogP contribution in [0.3, 0.4) is 0 Å². The van der Waals surface area contributed by atoms with E-state index >= 15 is 0 Å². The zero-order chi connectivity index (χ0) is 15.6. The van der Waals surface area contributed by atoms with Gasteiger partial charge >= 0.3 is 0 Å². The van der Waals surface area contributed by atoms with Crippen molar-refractivity contribution in [2.45, 2.75) is 4.90 Å². The van der Waals surface area contributed by atoms with Crippen molar-refractivity contribution < 1.29 is 13.3 Å². The number of halogens is 2. The number of benzene rings is 2. The average molecular weight is 436 g/mol. The van der Waals surface area contributed by atoms with Gasteiger partial charge in [-0.3, -0.25) is 14.8 Å². The van der Waals surface area contributed by atoms with Crippen molar-refractivity contribution in [1.82, 2.24) is 0 Å². The molecule has 2 aromatic rings. The lowest BCUT2D eigenvalue weighted by molar-refractivity contribution is -0.385. The predicted molar refractivity (Wildman–Crippen MR) is 85.7 cm³/mol. The number of hydrogen-bond donors (Lipinski definition) is 1. The Morgan fingerprint density at radius 2 is 1.67 bits per heavy atom. The summed E-state index contributed by atoms with van der Waals surface area (Å²) in [5.41, 5.74) is 0.0944. The van der Waals surface area contributed by atoms with Crippen molar-refractivity contribution in [3.8, 4) is 0 Å². The van der Waals surface area contributed by atoms with Crippen LogP contribution in [0, 0.1) is 10.1 Å². The summed E-state index contributed by atoms with van der Waals surface area (Å²) in [6.07, 6.45) is 0. The summed E-state index contributed by atoms with van der Waals surface area (Å²) >= 11 is 6.26. The lowest BCUT2D eigenvalue weighted by atomic mass is 10.3. The maximum atomic E-state index is 12.2.